The second-order valence-electron chi connectivity index (χ2n) is 4.85. The molecule has 22 heavy (non-hydrogen) atoms. The van der Waals surface area contributed by atoms with E-state index in [0.29, 0.717) is 5.16 Å². The highest BCUT2D eigenvalue weighted by atomic mass is 32.2. The first-order valence-corrected chi connectivity index (χ1v) is 7.54. The fraction of sp³-hybridized carbons (Fsp3) is 0.133. The van der Waals surface area contributed by atoms with Crippen LogP contribution in [0.25, 0.3) is 11.0 Å². The molecule has 0 aliphatic rings. The minimum Gasteiger partial charge on any atom is -0.333 e. The molecule has 0 saturated carbocycles. The molecule has 5 nitrogen and oxygen atoms in total. The monoisotopic (exact) mass is 317 g/mol. The summed E-state index contributed by atoms with van der Waals surface area (Å²) >= 11 is 1.24. The van der Waals surface area contributed by atoms with E-state index in [2.05, 4.69) is 9.97 Å². The molecule has 1 heterocycles. The molecule has 0 bridgehead atoms. The lowest BCUT2D eigenvalue weighted by molar-refractivity contribution is -0.385. The molecular formula is C15H12FN3O2S. The van der Waals surface area contributed by atoms with Crippen molar-refractivity contribution in [1.29, 1.82) is 0 Å². The van der Waals surface area contributed by atoms with Crippen molar-refractivity contribution < 1.29 is 9.31 Å². The van der Waals surface area contributed by atoms with Crippen LogP contribution in [0.2, 0.25) is 0 Å². The minimum atomic E-state index is -0.575. The fourth-order valence-electron chi connectivity index (χ4n) is 2.17. The van der Waals surface area contributed by atoms with Gasteiger partial charge < -0.3 is 4.98 Å². The molecule has 0 aliphatic heterocycles. The third-order valence-electron chi connectivity index (χ3n) is 3.26. The highest BCUT2D eigenvalue weighted by molar-refractivity contribution is 7.98. The van der Waals surface area contributed by atoms with Crippen LogP contribution in [-0.4, -0.2) is 14.9 Å². The van der Waals surface area contributed by atoms with Crippen molar-refractivity contribution in [3.05, 3.63) is 63.5 Å². The van der Waals surface area contributed by atoms with Crippen molar-refractivity contribution in [2.75, 3.05) is 0 Å². The zero-order valence-electron chi connectivity index (χ0n) is 11.7. The molecule has 1 aromatic heterocycles. The van der Waals surface area contributed by atoms with Gasteiger partial charge in [-0.05, 0) is 30.7 Å². The number of aryl methyl sites for hydroxylation is 1. The van der Waals surface area contributed by atoms with E-state index in [1.165, 1.54) is 30.0 Å². The zero-order valence-corrected chi connectivity index (χ0v) is 12.5. The second kappa shape index (κ2) is 5.76. The van der Waals surface area contributed by atoms with Gasteiger partial charge in [0.05, 0.1) is 21.5 Å². The SMILES string of the molecule is Cc1ccc2nc(SCc3c(F)cccc3[N+](=O)[O-])[nH]c2c1. The summed E-state index contributed by atoms with van der Waals surface area (Å²) in [6.45, 7) is 1.98. The van der Waals surface area contributed by atoms with Gasteiger partial charge in [0, 0.05) is 11.8 Å². The summed E-state index contributed by atoms with van der Waals surface area (Å²) in [6, 6.07) is 9.70. The minimum absolute atomic E-state index is 0.0779. The number of thioether (sulfide) groups is 1. The Morgan fingerprint density at radius 1 is 1.36 bits per heavy atom. The predicted octanol–water partition coefficient (Wildman–Crippen LogP) is 4.21. The van der Waals surface area contributed by atoms with Crippen LogP contribution in [-0.2, 0) is 5.75 Å². The van der Waals surface area contributed by atoms with Crippen molar-refractivity contribution in [2.45, 2.75) is 17.8 Å². The molecule has 0 radical (unpaired) electrons. The molecule has 0 atom stereocenters. The van der Waals surface area contributed by atoms with Gasteiger partial charge in [-0.15, -0.1) is 0 Å². The maximum atomic E-state index is 13.8. The lowest BCUT2D eigenvalue weighted by atomic mass is 10.2. The first-order chi connectivity index (χ1) is 10.5. The van der Waals surface area contributed by atoms with Crippen molar-refractivity contribution >= 4 is 28.5 Å². The molecule has 3 rings (SSSR count). The van der Waals surface area contributed by atoms with Crippen LogP contribution in [0.3, 0.4) is 0 Å². The van der Waals surface area contributed by atoms with Crippen LogP contribution >= 0.6 is 11.8 Å². The van der Waals surface area contributed by atoms with Gasteiger partial charge in [0.25, 0.3) is 5.69 Å². The van der Waals surface area contributed by atoms with Gasteiger partial charge in [0.15, 0.2) is 5.16 Å². The summed E-state index contributed by atoms with van der Waals surface area (Å²) in [7, 11) is 0. The molecule has 0 unspecified atom stereocenters. The maximum absolute atomic E-state index is 13.8. The molecule has 0 saturated heterocycles. The van der Waals surface area contributed by atoms with E-state index in [9.17, 15) is 14.5 Å². The van der Waals surface area contributed by atoms with Crippen LogP contribution in [0, 0.1) is 22.9 Å². The average Bonchev–Trinajstić information content (AvgIpc) is 2.87. The first kappa shape index (κ1) is 14.5. The fourth-order valence-corrected chi connectivity index (χ4v) is 3.08. The Morgan fingerprint density at radius 3 is 2.95 bits per heavy atom. The summed E-state index contributed by atoms with van der Waals surface area (Å²) in [5, 5.41) is 11.6. The van der Waals surface area contributed by atoms with Crippen molar-refractivity contribution in [1.82, 2.24) is 9.97 Å². The molecule has 2 aromatic carbocycles. The summed E-state index contributed by atoms with van der Waals surface area (Å²) in [5.41, 5.74) is 2.69. The zero-order chi connectivity index (χ0) is 15.7. The normalized spacial score (nSPS) is 11.0. The number of nitro groups is 1. The lowest BCUT2D eigenvalue weighted by Crippen LogP contribution is -1.97. The number of aromatic nitrogens is 2. The molecule has 1 N–H and O–H groups in total. The second-order valence-corrected chi connectivity index (χ2v) is 5.81. The van der Waals surface area contributed by atoms with E-state index in [-0.39, 0.29) is 17.0 Å². The third-order valence-corrected chi connectivity index (χ3v) is 4.16. The van der Waals surface area contributed by atoms with Crippen LogP contribution < -0.4 is 0 Å². The Balaban J connectivity index is 1.86. The number of hydrogen-bond acceptors (Lipinski definition) is 4. The number of aromatic amines is 1. The number of hydrogen-bond donors (Lipinski definition) is 1. The van der Waals surface area contributed by atoms with Crippen LogP contribution in [0.1, 0.15) is 11.1 Å². The molecule has 112 valence electrons. The van der Waals surface area contributed by atoms with Crippen molar-refractivity contribution in [3.8, 4) is 0 Å². The Kier molecular flexibility index (Phi) is 3.81. The van der Waals surface area contributed by atoms with Crippen molar-refractivity contribution in [2.24, 2.45) is 0 Å². The van der Waals surface area contributed by atoms with Gasteiger partial charge in [-0.1, -0.05) is 23.9 Å². The Labute approximate surface area is 129 Å². The van der Waals surface area contributed by atoms with Gasteiger partial charge in [0.2, 0.25) is 0 Å². The van der Waals surface area contributed by atoms with Crippen molar-refractivity contribution in [3.63, 3.8) is 0 Å². The van der Waals surface area contributed by atoms with Gasteiger partial charge >= 0.3 is 0 Å². The Bertz CT molecular complexity index is 863. The largest absolute Gasteiger partial charge is 0.333 e. The number of benzene rings is 2. The van der Waals surface area contributed by atoms with Crippen LogP contribution in [0.5, 0.6) is 0 Å². The number of imidazole rings is 1. The molecule has 0 spiro atoms. The molecule has 0 amide bonds. The number of H-pyrrole nitrogens is 1. The summed E-state index contributed by atoms with van der Waals surface area (Å²) in [4.78, 5) is 17.9. The van der Waals surface area contributed by atoms with Gasteiger partial charge in [-0.3, -0.25) is 10.1 Å². The molecule has 7 heteroatoms. The average molecular weight is 317 g/mol. The quantitative estimate of drug-likeness (QED) is 0.444. The van der Waals surface area contributed by atoms with Gasteiger partial charge in [-0.25, -0.2) is 9.37 Å². The highest BCUT2D eigenvalue weighted by Crippen LogP contribution is 2.29. The Hall–Kier alpha value is -2.41. The smallest absolute Gasteiger partial charge is 0.276 e. The molecule has 0 fully saturated rings. The van der Waals surface area contributed by atoms with Crippen LogP contribution in [0.15, 0.2) is 41.6 Å². The summed E-state index contributed by atoms with van der Waals surface area (Å²) < 4.78 is 13.8. The number of halogens is 1. The highest BCUT2D eigenvalue weighted by Gasteiger charge is 2.18. The predicted molar refractivity (Wildman–Crippen MR) is 83.4 cm³/mol. The van der Waals surface area contributed by atoms with E-state index in [0.717, 1.165) is 16.6 Å². The topological polar surface area (TPSA) is 71.8 Å². The van der Waals surface area contributed by atoms with E-state index < -0.39 is 10.7 Å². The van der Waals surface area contributed by atoms with E-state index in [1.807, 2.05) is 25.1 Å². The summed E-state index contributed by atoms with van der Waals surface area (Å²) in [5.74, 6) is -0.435. The first-order valence-electron chi connectivity index (χ1n) is 6.55. The van der Waals surface area contributed by atoms with Gasteiger partial charge in [-0.2, -0.15) is 0 Å². The molecule has 0 aliphatic carbocycles. The third kappa shape index (κ3) is 2.80. The Morgan fingerprint density at radius 2 is 2.18 bits per heavy atom. The maximum Gasteiger partial charge on any atom is 0.276 e. The van der Waals surface area contributed by atoms with Crippen LogP contribution in [0.4, 0.5) is 10.1 Å². The summed E-state index contributed by atoms with van der Waals surface area (Å²) in [6.07, 6.45) is 0. The number of fused-ring (bicyclic) bond motifs is 1. The van der Waals surface area contributed by atoms with E-state index in [1.54, 1.807) is 0 Å². The van der Waals surface area contributed by atoms with Gasteiger partial charge in [0.1, 0.15) is 5.82 Å². The number of nitrogens with one attached hydrogen (secondary N) is 1. The number of nitro benzene ring substituents is 1. The molecule has 3 aromatic rings. The van der Waals surface area contributed by atoms with E-state index in [4.69, 9.17) is 0 Å². The van der Waals surface area contributed by atoms with E-state index >= 15 is 0 Å². The lowest BCUT2D eigenvalue weighted by Gasteiger charge is -2.02. The molecular weight excluding hydrogens is 305 g/mol. The number of rotatable bonds is 4. The number of nitrogens with zero attached hydrogens (tertiary/aromatic N) is 2. The standard InChI is InChI=1S/C15H12FN3O2S/c1-9-5-6-12-13(7-9)18-15(17-12)22-8-10-11(16)3-2-4-14(10)19(20)21/h2-7H,8H2,1H3,(H,17,18).